The molecule has 2 unspecified atom stereocenters. The number of piperidine rings is 1. The molecule has 2 fully saturated rings. The Kier molecular flexibility index (Phi) is 3.29. The molecular formula is C15H21ClN2O. The van der Waals surface area contributed by atoms with Gasteiger partial charge in [-0.25, -0.2) is 0 Å². The molecule has 1 saturated carbocycles. The van der Waals surface area contributed by atoms with Crippen LogP contribution in [0.25, 0.3) is 0 Å². The van der Waals surface area contributed by atoms with Gasteiger partial charge in [0.25, 0.3) is 5.91 Å². The van der Waals surface area contributed by atoms with Crippen molar-refractivity contribution in [3.05, 3.63) is 29.3 Å². The molecule has 0 bridgehead atoms. The van der Waals surface area contributed by atoms with Gasteiger partial charge in [0, 0.05) is 24.3 Å². The first-order valence-corrected chi connectivity index (χ1v) is 6.56. The van der Waals surface area contributed by atoms with Crippen molar-refractivity contribution in [2.24, 2.45) is 17.3 Å². The zero-order valence-corrected chi connectivity index (χ0v) is 12.5. The van der Waals surface area contributed by atoms with E-state index < -0.39 is 0 Å². The molecule has 1 aliphatic carbocycles. The molecule has 104 valence electrons. The van der Waals surface area contributed by atoms with Crippen LogP contribution in [0.3, 0.4) is 0 Å². The Bertz CT molecular complexity index is 513. The van der Waals surface area contributed by atoms with E-state index >= 15 is 0 Å². The summed E-state index contributed by atoms with van der Waals surface area (Å²) in [7, 11) is 0. The number of carbonyl (C=O) groups is 1. The highest BCUT2D eigenvalue weighted by Gasteiger charge is 2.62. The fraction of sp³-hybridized carbons (Fsp3) is 0.533. The maximum Gasteiger partial charge on any atom is 0.254 e. The Morgan fingerprint density at radius 3 is 2.47 bits per heavy atom. The summed E-state index contributed by atoms with van der Waals surface area (Å²) in [5.41, 5.74) is 8.65. The van der Waals surface area contributed by atoms with Crippen LogP contribution in [0, 0.1) is 24.2 Å². The highest BCUT2D eigenvalue weighted by molar-refractivity contribution is 5.96. The Morgan fingerprint density at radius 2 is 1.89 bits per heavy atom. The molecule has 19 heavy (non-hydrogen) atoms. The molecule has 0 radical (unpaired) electrons. The molecule has 0 spiro atoms. The molecule has 1 aromatic rings. The third kappa shape index (κ3) is 2.10. The molecule has 1 heterocycles. The number of nitrogens with zero attached hydrogens (tertiary/aromatic N) is 1. The van der Waals surface area contributed by atoms with Crippen molar-refractivity contribution in [1.29, 1.82) is 0 Å². The van der Waals surface area contributed by atoms with E-state index in [-0.39, 0.29) is 18.3 Å². The Balaban J connectivity index is 0.00000133. The minimum absolute atomic E-state index is 0. The van der Waals surface area contributed by atoms with E-state index in [0.29, 0.717) is 22.9 Å². The number of aryl methyl sites for hydroxylation is 1. The molecule has 1 aliphatic heterocycles. The standard InChI is InChI=1S/C15H20N2O.ClH/c1-9-4-5-10(16)6-11(9)14(18)17-7-12-13(8-17)15(12,2)3;/h4-6,12-13H,7-8,16H2,1-3H3;1H. The molecule has 1 amide bonds. The summed E-state index contributed by atoms with van der Waals surface area (Å²) in [5.74, 6) is 1.54. The summed E-state index contributed by atoms with van der Waals surface area (Å²) in [4.78, 5) is 14.5. The van der Waals surface area contributed by atoms with Crippen LogP contribution in [-0.2, 0) is 0 Å². The van der Waals surface area contributed by atoms with E-state index in [4.69, 9.17) is 5.73 Å². The minimum Gasteiger partial charge on any atom is -0.399 e. The zero-order chi connectivity index (χ0) is 13.1. The molecule has 3 rings (SSSR count). The number of rotatable bonds is 1. The van der Waals surface area contributed by atoms with E-state index in [9.17, 15) is 4.79 Å². The summed E-state index contributed by atoms with van der Waals surface area (Å²) in [5, 5.41) is 0. The molecule has 2 atom stereocenters. The molecule has 3 nitrogen and oxygen atoms in total. The number of nitrogen functional groups attached to an aromatic ring is 1. The van der Waals surface area contributed by atoms with Gasteiger partial charge in [0.1, 0.15) is 0 Å². The molecule has 4 heteroatoms. The van der Waals surface area contributed by atoms with Crippen LogP contribution in [0.15, 0.2) is 18.2 Å². The normalized spacial score (nSPS) is 26.6. The van der Waals surface area contributed by atoms with Gasteiger partial charge in [-0.2, -0.15) is 0 Å². The predicted octanol–water partition coefficient (Wildman–Crippen LogP) is 2.73. The molecule has 2 aliphatic rings. The van der Waals surface area contributed by atoms with Crippen molar-refractivity contribution in [2.45, 2.75) is 20.8 Å². The Hall–Kier alpha value is -1.22. The summed E-state index contributed by atoms with van der Waals surface area (Å²) >= 11 is 0. The lowest BCUT2D eigenvalue weighted by Gasteiger charge is -2.23. The van der Waals surface area contributed by atoms with Crippen molar-refractivity contribution < 1.29 is 4.79 Å². The first-order chi connectivity index (χ1) is 8.41. The van der Waals surface area contributed by atoms with E-state index in [1.54, 1.807) is 6.07 Å². The van der Waals surface area contributed by atoms with E-state index in [0.717, 1.165) is 24.2 Å². The first-order valence-electron chi connectivity index (χ1n) is 6.56. The van der Waals surface area contributed by atoms with Gasteiger partial charge in [-0.05, 0) is 41.9 Å². The SMILES string of the molecule is Cc1ccc(N)cc1C(=O)N1CC2C(C1)C2(C)C.Cl. The number of carbonyl (C=O) groups excluding carboxylic acids is 1. The quantitative estimate of drug-likeness (QED) is 0.804. The second-order valence-electron chi connectivity index (χ2n) is 6.32. The molecule has 1 aromatic carbocycles. The number of hydrogen-bond donors (Lipinski definition) is 1. The lowest BCUT2D eigenvalue weighted by Crippen LogP contribution is -2.33. The van der Waals surface area contributed by atoms with Gasteiger partial charge in [-0.3, -0.25) is 4.79 Å². The Labute approximate surface area is 120 Å². The van der Waals surface area contributed by atoms with Gasteiger partial charge in [-0.15, -0.1) is 12.4 Å². The predicted molar refractivity (Wildman–Crippen MR) is 79.5 cm³/mol. The van der Waals surface area contributed by atoms with Gasteiger partial charge in [-0.1, -0.05) is 19.9 Å². The molecule has 2 N–H and O–H groups in total. The van der Waals surface area contributed by atoms with Gasteiger partial charge in [0.2, 0.25) is 0 Å². The first kappa shape index (κ1) is 14.2. The van der Waals surface area contributed by atoms with Crippen LogP contribution in [0.5, 0.6) is 0 Å². The summed E-state index contributed by atoms with van der Waals surface area (Å²) in [6.45, 7) is 8.38. The van der Waals surface area contributed by atoms with Crippen LogP contribution in [0.4, 0.5) is 5.69 Å². The van der Waals surface area contributed by atoms with Gasteiger partial charge in [0.15, 0.2) is 0 Å². The minimum atomic E-state index is 0. The van der Waals surface area contributed by atoms with Crippen molar-refractivity contribution in [3.63, 3.8) is 0 Å². The third-order valence-corrected chi connectivity index (χ3v) is 4.90. The van der Waals surface area contributed by atoms with Crippen molar-refractivity contribution in [3.8, 4) is 0 Å². The van der Waals surface area contributed by atoms with Crippen LogP contribution in [-0.4, -0.2) is 23.9 Å². The average molecular weight is 281 g/mol. The topological polar surface area (TPSA) is 46.3 Å². The largest absolute Gasteiger partial charge is 0.399 e. The van der Waals surface area contributed by atoms with Crippen LogP contribution < -0.4 is 5.73 Å². The van der Waals surface area contributed by atoms with Crippen molar-refractivity contribution >= 4 is 24.0 Å². The summed E-state index contributed by atoms with van der Waals surface area (Å²) < 4.78 is 0. The number of amides is 1. The number of benzene rings is 1. The average Bonchev–Trinajstić information content (AvgIpc) is 2.70. The number of anilines is 1. The second kappa shape index (κ2) is 4.41. The van der Waals surface area contributed by atoms with Gasteiger partial charge >= 0.3 is 0 Å². The van der Waals surface area contributed by atoms with Crippen molar-refractivity contribution in [2.75, 3.05) is 18.8 Å². The maximum atomic E-state index is 12.5. The maximum absolute atomic E-state index is 12.5. The second-order valence-corrected chi connectivity index (χ2v) is 6.32. The number of hydrogen-bond acceptors (Lipinski definition) is 2. The smallest absolute Gasteiger partial charge is 0.254 e. The number of likely N-dealkylation sites (tertiary alicyclic amines) is 1. The number of fused-ring (bicyclic) bond motifs is 1. The van der Waals surface area contributed by atoms with E-state index in [1.807, 2.05) is 24.0 Å². The monoisotopic (exact) mass is 280 g/mol. The summed E-state index contributed by atoms with van der Waals surface area (Å²) in [6, 6.07) is 5.56. The highest BCUT2D eigenvalue weighted by Crippen LogP contribution is 2.62. The van der Waals surface area contributed by atoms with Crippen LogP contribution in [0.1, 0.15) is 29.8 Å². The lowest BCUT2D eigenvalue weighted by molar-refractivity contribution is 0.0757. The van der Waals surface area contributed by atoms with E-state index in [1.165, 1.54) is 0 Å². The molecular weight excluding hydrogens is 260 g/mol. The highest BCUT2D eigenvalue weighted by atomic mass is 35.5. The fourth-order valence-electron chi connectivity index (χ4n) is 3.34. The molecule has 0 aromatic heterocycles. The Morgan fingerprint density at radius 1 is 1.32 bits per heavy atom. The number of nitrogens with two attached hydrogens (primary N) is 1. The third-order valence-electron chi connectivity index (χ3n) is 4.90. The van der Waals surface area contributed by atoms with Gasteiger partial charge < -0.3 is 10.6 Å². The molecule has 1 saturated heterocycles. The summed E-state index contributed by atoms with van der Waals surface area (Å²) in [6.07, 6.45) is 0. The van der Waals surface area contributed by atoms with Crippen LogP contribution >= 0.6 is 12.4 Å². The lowest BCUT2D eigenvalue weighted by atomic mass is 10.0. The fourth-order valence-corrected chi connectivity index (χ4v) is 3.34. The zero-order valence-electron chi connectivity index (χ0n) is 11.6. The van der Waals surface area contributed by atoms with Crippen LogP contribution in [0.2, 0.25) is 0 Å². The number of halogens is 1. The van der Waals surface area contributed by atoms with E-state index in [2.05, 4.69) is 13.8 Å². The van der Waals surface area contributed by atoms with Gasteiger partial charge in [0.05, 0.1) is 0 Å². The van der Waals surface area contributed by atoms with Crippen molar-refractivity contribution in [1.82, 2.24) is 4.90 Å².